The summed E-state index contributed by atoms with van der Waals surface area (Å²) in [6.45, 7) is 1.97. The van der Waals surface area contributed by atoms with Crippen LogP contribution in [0, 0.1) is 0 Å². The van der Waals surface area contributed by atoms with Crippen molar-refractivity contribution < 1.29 is 4.74 Å². The maximum absolute atomic E-state index is 11.4. The molecule has 1 aromatic rings. The average molecular weight is 196 g/mol. The standard InChI is InChI=1S/C8H12N4O2/c1-5-2-3-7(14-5)12-8(13)11-6(9)4-10-12/h4-5,7H,2-3H2,1H3,(H2,9,11,13). The van der Waals surface area contributed by atoms with E-state index in [1.807, 2.05) is 6.92 Å². The fourth-order valence-electron chi connectivity index (χ4n) is 1.52. The Morgan fingerprint density at radius 2 is 2.43 bits per heavy atom. The Kier molecular flexibility index (Phi) is 2.20. The maximum Gasteiger partial charge on any atom is 0.368 e. The quantitative estimate of drug-likeness (QED) is 0.679. The van der Waals surface area contributed by atoms with Crippen LogP contribution in [0.4, 0.5) is 5.82 Å². The molecule has 1 aliphatic heterocycles. The Morgan fingerprint density at radius 1 is 1.64 bits per heavy atom. The number of ether oxygens (including phenoxy) is 1. The third-order valence-electron chi connectivity index (χ3n) is 2.22. The second-order valence-corrected chi connectivity index (χ2v) is 3.39. The molecule has 0 spiro atoms. The lowest BCUT2D eigenvalue weighted by Gasteiger charge is -2.11. The lowest BCUT2D eigenvalue weighted by Crippen LogP contribution is -2.29. The van der Waals surface area contributed by atoms with E-state index in [9.17, 15) is 4.79 Å². The molecule has 0 aromatic carbocycles. The highest BCUT2D eigenvalue weighted by Crippen LogP contribution is 2.25. The molecule has 0 aliphatic carbocycles. The SMILES string of the molecule is CC1CCC(n2ncc(N)nc2=O)O1. The molecule has 0 saturated carbocycles. The molecule has 6 heteroatoms. The van der Waals surface area contributed by atoms with E-state index in [-0.39, 0.29) is 18.1 Å². The Hall–Kier alpha value is -1.43. The van der Waals surface area contributed by atoms with E-state index in [0.717, 1.165) is 12.8 Å². The average Bonchev–Trinajstić information content (AvgIpc) is 2.51. The number of nitrogens with two attached hydrogens (primary N) is 1. The molecule has 1 aliphatic rings. The van der Waals surface area contributed by atoms with Crippen LogP contribution in [0.15, 0.2) is 11.0 Å². The molecular formula is C8H12N4O2. The molecule has 1 fully saturated rings. The van der Waals surface area contributed by atoms with Crippen molar-refractivity contribution in [3.8, 4) is 0 Å². The van der Waals surface area contributed by atoms with Crippen LogP contribution >= 0.6 is 0 Å². The van der Waals surface area contributed by atoms with Crippen molar-refractivity contribution >= 4 is 5.82 Å². The van der Waals surface area contributed by atoms with Gasteiger partial charge in [-0.05, 0) is 19.8 Å². The zero-order valence-electron chi connectivity index (χ0n) is 7.88. The molecule has 1 aromatic heterocycles. The molecular weight excluding hydrogens is 184 g/mol. The molecule has 0 bridgehead atoms. The highest BCUT2D eigenvalue weighted by atomic mass is 16.5. The lowest BCUT2D eigenvalue weighted by atomic mass is 10.2. The van der Waals surface area contributed by atoms with E-state index in [2.05, 4.69) is 10.1 Å². The van der Waals surface area contributed by atoms with E-state index in [1.54, 1.807) is 0 Å². The first-order valence-corrected chi connectivity index (χ1v) is 4.53. The summed E-state index contributed by atoms with van der Waals surface area (Å²) in [6, 6.07) is 0. The van der Waals surface area contributed by atoms with Gasteiger partial charge in [-0.3, -0.25) is 0 Å². The third-order valence-corrected chi connectivity index (χ3v) is 2.22. The Morgan fingerprint density at radius 3 is 3.00 bits per heavy atom. The van der Waals surface area contributed by atoms with Crippen LogP contribution in [0.2, 0.25) is 0 Å². The number of nitrogen functional groups attached to an aromatic ring is 1. The Balaban J connectivity index is 2.29. The van der Waals surface area contributed by atoms with Crippen LogP contribution in [0.25, 0.3) is 0 Å². The van der Waals surface area contributed by atoms with Gasteiger partial charge in [0.05, 0.1) is 12.3 Å². The fraction of sp³-hybridized carbons (Fsp3) is 0.625. The van der Waals surface area contributed by atoms with E-state index in [1.165, 1.54) is 10.9 Å². The summed E-state index contributed by atoms with van der Waals surface area (Å²) in [5.41, 5.74) is 4.87. The fourth-order valence-corrected chi connectivity index (χ4v) is 1.52. The topological polar surface area (TPSA) is 83.0 Å². The highest BCUT2D eigenvalue weighted by Gasteiger charge is 2.25. The van der Waals surface area contributed by atoms with Crippen LogP contribution in [-0.2, 0) is 4.74 Å². The molecule has 2 atom stereocenters. The first-order valence-electron chi connectivity index (χ1n) is 4.53. The molecule has 14 heavy (non-hydrogen) atoms. The molecule has 2 heterocycles. The zero-order chi connectivity index (χ0) is 10.1. The van der Waals surface area contributed by atoms with E-state index >= 15 is 0 Å². The van der Waals surface area contributed by atoms with Crippen molar-refractivity contribution in [3.05, 3.63) is 16.7 Å². The maximum atomic E-state index is 11.4. The molecule has 1 saturated heterocycles. The summed E-state index contributed by atoms with van der Waals surface area (Å²) < 4.78 is 6.72. The summed E-state index contributed by atoms with van der Waals surface area (Å²) >= 11 is 0. The minimum absolute atomic E-state index is 0.136. The van der Waals surface area contributed by atoms with Gasteiger partial charge in [-0.15, -0.1) is 0 Å². The molecule has 0 radical (unpaired) electrons. The Labute approximate surface area is 80.7 Å². The number of hydrogen-bond donors (Lipinski definition) is 1. The molecule has 6 nitrogen and oxygen atoms in total. The predicted octanol–water partition coefficient (Wildman–Crippen LogP) is -0.0820. The number of rotatable bonds is 1. The lowest BCUT2D eigenvalue weighted by molar-refractivity contribution is -0.000805. The van der Waals surface area contributed by atoms with Crippen molar-refractivity contribution in [1.82, 2.24) is 14.8 Å². The van der Waals surface area contributed by atoms with Gasteiger partial charge in [-0.25, -0.2) is 4.79 Å². The van der Waals surface area contributed by atoms with Gasteiger partial charge < -0.3 is 10.5 Å². The van der Waals surface area contributed by atoms with Crippen molar-refractivity contribution in [2.24, 2.45) is 0 Å². The van der Waals surface area contributed by atoms with Gasteiger partial charge in [0.25, 0.3) is 0 Å². The second-order valence-electron chi connectivity index (χ2n) is 3.39. The van der Waals surface area contributed by atoms with Gasteiger partial charge in [0.1, 0.15) is 5.82 Å². The van der Waals surface area contributed by atoms with Crippen LogP contribution < -0.4 is 11.4 Å². The Bertz CT molecular complexity index is 389. The minimum Gasteiger partial charge on any atom is -0.382 e. The minimum atomic E-state index is -0.455. The van der Waals surface area contributed by atoms with Crippen LogP contribution in [0.3, 0.4) is 0 Å². The van der Waals surface area contributed by atoms with Gasteiger partial charge in [-0.2, -0.15) is 14.8 Å². The van der Waals surface area contributed by atoms with Gasteiger partial charge in [-0.1, -0.05) is 0 Å². The molecule has 2 rings (SSSR count). The smallest absolute Gasteiger partial charge is 0.368 e. The largest absolute Gasteiger partial charge is 0.382 e. The highest BCUT2D eigenvalue weighted by molar-refractivity contribution is 5.19. The van der Waals surface area contributed by atoms with Crippen molar-refractivity contribution in [1.29, 1.82) is 0 Å². The third kappa shape index (κ3) is 1.60. The second kappa shape index (κ2) is 3.38. The summed E-state index contributed by atoms with van der Waals surface area (Å²) in [7, 11) is 0. The van der Waals surface area contributed by atoms with Gasteiger partial charge in [0.15, 0.2) is 6.23 Å². The number of aromatic nitrogens is 3. The monoisotopic (exact) mass is 196 g/mol. The summed E-state index contributed by atoms with van der Waals surface area (Å²) in [5, 5.41) is 3.89. The first kappa shape index (κ1) is 9.14. The number of hydrogen-bond acceptors (Lipinski definition) is 5. The van der Waals surface area contributed by atoms with Gasteiger partial charge in [0.2, 0.25) is 0 Å². The van der Waals surface area contributed by atoms with E-state index < -0.39 is 5.69 Å². The molecule has 76 valence electrons. The van der Waals surface area contributed by atoms with Gasteiger partial charge >= 0.3 is 5.69 Å². The summed E-state index contributed by atoms with van der Waals surface area (Å²) in [4.78, 5) is 14.9. The first-order chi connectivity index (χ1) is 6.66. The van der Waals surface area contributed by atoms with Crippen LogP contribution in [0.1, 0.15) is 26.0 Å². The summed E-state index contributed by atoms with van der Waals surface area (Å²) in [6.07, 6.45) is 2.97. The molecule has 2 unspecified atom stereocenters. The van der Waals surface area contributed by atoms with E-state index in [4.69, 9.17) is 10.5 Å². The van der Waals surface area contributed by atoms with E-state index in [0.29, 0.717) is 0 Å². The van der Waals surface area contributed by atoms with Crippen molar-refractivity contribution in [2.75, 3.05) is 5.73 Å². The predicted molar refractivity (Wildman–Crippen MR) is 49.5 cm³/mol. The van der Waals surface area contributed by atoms with Crippen molar-refractivity contribution in [3.63, 3.8) is 0 Å². The summed E-state index contributed by atoms with van der Waals surface area (Å²) in [5.74, 6) is 0.136. The number of anilines is 1. The van der Waals surface area contributed by atoms with Crippen LogP contribution in [0.5, 0.6) is 0 Å². The van der Waals surface area contributed by atoms with Gasteiger partial charge in [0, 0.05) is 0 Å². The molecule has 2 N–H and O–H groups in total. The van der Waals surface area contributed by atoms with Crippen LogP contribution in [-0.4, -0.2) is 20.9 Å². The normalized spacial score (nSPS) is 26.6. The van der Waals surface area contributed by atoms with Crippen molar-refractivity contribution in [2.45, 2.75) is 32.1 Å². The zero-order valence-corrected chi connectivity index (χ0v) is 7.88. The number of nitrogens with zero attached hydrogens (tertiary/aromatic N) is 3. The molecule has 0 amide bonds.